The minimum absolute atomic E-state index is 0.513. The third-order valence-corrected chi connectivity index (χ3v) is 3.47. The lowest BCUT2D eigenvalue weighted by molar-refractivity contribution is 0.652. The van der Waals surface area contributed by atoms with E-state index in [9.17, 15) is 0 Å². The first-order valence-corrected chi connectivity index (χ1v) is 7.67. The van der Waals surface area contributed by atoms with Crippen LogP contribution in [-0.4, -0.2) is 17.5 Å². The Labute approximate surface area is 126 Å². The Morgan fingerprint density at radius 2 is 2.05 bits per heavy atom. The normalized spacial score (nSPS) is 11.8. The highest BCUT2D eigenvalue weighted by molar-refractivity contribution is 5.82. The van der Waals surface area contributed by atoms with E-state index >= 15 is 0 Å². The van der Waals surface area contributed by atoms with Crippen LogP contribution in [0.4, 0.5) is 0 Å². The van der Waals surface area contributed by atoms with Crippen molar-refractivity contribution in [2.24, 2.45) is 10.7 Å². The number of fused-ring (bicyclic) bond motifs is 1. The second-order valence-corrected chi connectivity index (χ2v) is 5.18. The van der Waals surface area contributed by atoms with Crippen LogP contribution in [0.2, 0.25) is 0 Å². The summed E-state index contributed by atoms with van der Waals surface area (Å²) in [6.45, 7) is 3.66. The zero-order chi connectivity index (χ0) is 14.9. The largest absolute Gasteiger partial charge is 0.370 e. The molecular formula is C17H24N4. The molecule has 0 bridgehead atoms. The van der Waals surface area contributed by atoms with Crippen LogP contribution in [-0.2, 0) is 6.54 Å². The summed E-state index contributed by atoms with van der Waals surface area (Å²) < 4.78 is 0. The summed E-state index contributed by atoms with van der Waals surface area (Å²) >= 11 is 0. The molecule has 21 heavy (non-hydrogen) atoms. The molecule has 2 rings (SSSR count). The molecule has 1 heterocycles. The van der Waals surface area contributed by atoms with Gasteiger partial charge in [-0.15, -0.1) is 0 Å². The summed E-state index contributed by atoms with van der Waals surface area (Å²) in [5.74, 6) is 0.513. The number of nitrogens with one attached hydrogen (secondary N) is 1. The van der Waals surface area contributed by atoms with E-state index < -0.39 is 0 Å². The Morgan fingerprint density at radius 3 is 2.90 bits per heavy atom. The minimum Gasteiger partial charge on any atom is -0.370 e. The van der Waals surface area contributed by atoms with Crippen LogP contribution in [0.1, 0.15) is 38.2 Å². The lowest BCUT2D eigenvalue weighted by atomic mass is 10.1. The summed E-state index contributed by atoms with van der Waals surface area (Å²) in [7, 11) is 0. The fraction of sp³-hybridized carbons (Fsp3) is 0.412. The Bertz CT molecular complexity index is 587. The number of rotatable bonds is 7. The maximum atomic E-state index is 5.90. The van der Waals surface area contributed by atoms with Crippen LogP contribution in [0.5, 0.6) is 0 Å². The van der Waals surface area contributed by atoms with E-state index in [1.165, 1.54) is 19.3 Å². The summed E-state index contributed by atoms with van der Waals surface area (Å²) in [4.78, 5) is 8.83. The van der Waals surface area contributed by atoms with Gasteiger partial charge in [0.25, 0.3) is 0 Å². The molecule has 3 N–H and O–H groups in total. The van der Waals surface area contributed by atoms with Crippen LogP contribution in [0, 0.1) is 0 Å². The van der Waals surface area contributed by atoms with E-state index in [0.717, 1.165) is 29.4 Å². The number of unbranched alkanes of at least 4 members (excludes halogenated alkanes) is 3. The van der Waals surface area contributed by atoms with Gasteiger partial charge in [0.15, 0.2) is 5.96 Å². The predicted molar refractivity (Wildman–Crippen MR) is 89.2 cm³/mol. The summed E-state index contributed by atoms with van der Waals surface area (Å²) in [5, 5.41) is 4.30. The van der Waals surface area contributed by atoms with Gasteiger partial charge in [-0.1, -0.05) is 50.5 Å². The van der Waals surface area contributed by atoms with E-state index in [1.54, 1.807) is 0 Å². The van der Waals surface area contributed by atoms with Crippen molar-refractivity contribution in [1.82, 2.24) is 10.3 Å². The van der Waals surface area contributed by atoms with E-state index in [1.807, 2.05) is 24.4 Å². The van der Waals surface area contributed by atoms with Gasteiger partial charge in [0.1, 0.15) is 0 Å². The molecule has 0 unspecified atom stereocenters. The second kappa shape index (κ2) is 8.25. The summed E-state index contributed by atoms with van der Waals surface area (Å²) in [5.41, 5.74) is 8.00. The van der Waals surface area contributed by atoms with E-state index in [2.05, 4.69) is 34.3 Å². The highest BCUT2D eigenvalue weighted by Gasteiger charge is 2.01. The van der Waals surface area contributed by atoms with Gasteiger partial charge in [-0.05, 0) is 18.1 Å². The number of nitrogens with two attached hydrogens (primary N) is 1. The Hall–Kier alpha value is -2.10. The third kappa shape index (κ3) is 4.74. The van der Waals surface area contributed by atoms with Gasteiger partial charge in [-0.25, -0.2) is 4.99 Å². The molecule has 0 saturated heterocycles. The number of hydrogen-bond acceptors (Lipinski definition) is 2. The minimum atomic E-state index is 0.513. The van der Waals surface area contributed by atoms with Crippen molar-refractivity contribution in [2.75, 3.05) is 6.54 Å². The molecule has 0 radical (unpaired) electrons. The molecule has 112 valence electrons. The first-order chi connectivity index (χ1) is 10.3. The number of aromatic nitrogens is 1. The number of benzene rings is 1. The van der Waals surface area contributed by atoms with Crippen molar-refractivity contribution >= 4 is 16.9 Å². The Kier molecular flexibility index (Phi) is 6.00. The molecule has 0 atom stereocenters. The van der Waals surface area contributed by atoms with E-state index in [-0.39, 0.29) is 0 Å². The SMILES string of the molecule is CCCCCCNC(N)=NCc1cccc2cccnc12. The highest BCUT2D eigenvalue weighted by Crippen LogP contribution is 2.16. The molecule has 0 spiro atoms. The zero-order valence-electron chi connectivity index (χ0n) is 12.7. The van der Waals surface area contributed by atoms with Gasteiger partial charge in [-0.2, -0.15) is 0 Å². The van der Waals surface area contributed by atoms with Gasteiger partial charge in [0, 0.05) is 18.1 Å². The average Bonchev–Trinajstić information content (AvgIpc) is 2.52. The first-order valence-electron chi connectivity index (χ1n) is 7.67. The molecular weight excluding hydrogens is 260 g/mol. The number of guanidine groups is 1. The first kappa shape index (κ1) is 15.3. The quantitative estimate of drug-likeness (QED) is 0.466. The third-order valence-electron chi connectivity index (χ3n) is 3.47. The highest BCUT2D eigenvalue weighted by atomic mass is 15.1. The smallest absolute Gasteiger partial charge is 0.188 e. The van der Waals surface area contributed by atoms with Crippen molar-refractivity contribution in [3.63, 3.8) is 0 Å². The van der Waals surface area contributed by atoms with Crippen molar-refractivity contribution in [3.8, 4) is 0 Å². The molecule has 0 fully saturated rings. The van der Waals surface area contributed by atoms with Crippen LogP contribution < -0.4 is 11.1 Å². The Morgan fingerprint density at radius 1 is 1.19 bits per heavy atom. The molecule has 4 heteroatoms. The average molecular weight is 284 g/mol. The van der Waals surface area contributed by atoms with Gasteiger partial charge < -0.3 is 11.1 Å². The van der Waals surface area contributed by atoms with Crippen molar-refractivity contribution < 1.29 is 0 Å². The van der Waals surface area contributed by atoms with Crippen LogP contribution in [0.3, 0.4) is 0 Å². The van der Waals surface area contributed by atoms with Crippen molar-refractivity contribution in [2.45, 2.75) is 39.2 Å². The second-order valence-electron chi connectivity index (χ2n) is 5.18. The van der Waals surface area contributed by atoms with Gasteiger partial charge in [0.05, 0.1) is 12.1 Å². The number of para-hydroxylation sites is 1. The monoisotopic (exact) mass is 284 g/mol. The molecule has 0 amide bonds. The standard InChI is InChI=1S/C17H24N4/c1-2-3-4-5-11-20-17(18)21-13-15-9-6-8-14-10-7-12-19-16(14)15/h6-10,12H,2-5,11,13H2,1H3,(H3,18,20,21). The van der Waals surface area contributed by atoms with Crippen molar-refractivity contribution in [3.05, 3.63) is 42.1 Å². The van der Waals surface area contributed by atoms with Gasteiger partial charge in [0.2, 0.25) is 0 Å². The number of nitrogens with zero attached hydrogens (tertiary/aromatic N) is 2. The number of pyridine rings is 1. The molecule has 4 nitrogen and oxygen atoms in total. The van der Waals surface area contributed by atoms with E-state index in [4.69, 9.17) is 5.73 Å². The molecule has 1 aromatic heterocycles. The van der Waals surface area contributed by atoms with Gasteiger partial charge >= 0.3 is 0 Å². The number of hydrogen-bond donors (Lipinski definition) is 2. The van der Waals surface area contributed by atoms with Gasteiger partial charge in [-0.3, -0.25) is 4.98 Å². The fourth-order valence-corrected chi connectivity index (χ4v) is 2.29. The fourth-order valence-electron chi connectivity index (χ4n) is 2.29. The van der Waals surface area contributed by atoms with E-state index in [0.29, 0.717) is 12.5 Å². The predicted octanol–water partition coefficient (Wildman–Crippen LogP) is 3.22. The summed E-state index contributed by atoms with van der Waals surface area (Å²) in [6.07, 6.45) is 6.72. The molecule has 1 aromatic carbocycles. The molecule has 0 saturated carbocycles. The van der Waals surface area contributed by atoms with Crippen LogP contribution >= 0.6 is 0 Å². The summed E-state index contributed by atoms with van der Waals surface area (Å²) in [6, 6.07) is 10.1. The maximum Gasteiger partial charge on any atom is 0.188 e. The Balaban J connectivity index is 1.90. The molecule has 0 aliphatic rings. The molecule has 0 aliphatic heterocycles. The lowest BCUT2D eigenvalue weighted by Gasteiger charge is -2.06. The lowest BCUT2D eigenvalue weighted by Crippen LogP contribution is -2.32. The number of aliphatic imine (C=N–C) groups is 1. The van der Waals surface area contributed by atoms with Crippen LogP contribution in [0.15, 0.2) is 41.5 Å². The maximum absolute atomic E-state index is 5.90. The topological polar surface area (TPSA) is 63.3 Å². The van der Waals surface area contributed by atoms with Crippen molar-refractivity contribution in [1.29, 1.82) is 0 Å². The zero-order valence-corrected chi connectivity index (χ0v) is 12.7. The molecule has 0 aliphatic carbocycles. The van der Waals surface area contributed by atoms with Crippen LogP contribution in [0.25, 0.3) is 10.9 Å². The molecule has 2 aromatic rings.